The maximum atomic E-state index is 13.3. The van der Waals surface area contributed by atoms with Crippen molar-refractivity contribution in [3.8, 4) is 17.2 Å². The molecule has 0 aromatic heterocycles. The van der Waals surface area contributed by atoms with E-state index >= 15 is 0 Å². The molecule has 1 atom stereocenters. The summed E-state index contributed by atoms with van der Waals surface area (Å²) in [6.45, 7) is 7.13. The minimum atomic E-state index is -1.27. The molecule has 0 radical (unpaired) electrons. The summed E-state index contributed by atoms with van der Waals surface area (Å²) in [6, 6.07) is 25.0. The second-order valence-electron chi connectivity index (χ2n) is 9.83. The van der Waals surface area contributed by atoms with Crippen LogP contribution in [-0.4, -0.2) is 30.9 Å². The molecule has 4 aromatic carbocycles. The van der Waals surface area contributed by atoms with E-state index in [1.807, 2.05) is 30.3 Å². The highest BCUT2D eigenvalue weighted by atomic mass is 16.6. The minimum absolute atomic E-state index is 0.159. The van der Waals surface area contributed by atoms with Crippen molar-refractivity contribution >= 4 is 29.2 Å². The lowest BCUT2D eigenvalue weighted by Crippen LogP contribution is -2.33. The van der Waals surface area contributed by atoms with Crippen LogP contribution < -0.4 is 19.7 Å². The van der Waals surface area contributed by atoms with Crippen molar-refractivity contribution in [2.75, 3.05) is 23.3 Å². The number of carbonyl (C=O) groups is 3. The molecule has 4 aromatic rings. The molecule has 41 heavy (non-hydrogen) atoms. The molecular weight excluding hydrogens is 520 g/mol. The molecule has 2 aliphatic rings. The van der Waals surface area contributed by atoms with Crippen LogP contribution in [0.5, 0.6) is 17.2 Å². The number of fused-ring (bicyclic) bond motifs is 6. The van der Waals surface area contributed by atoms with E-state index in [0.29, 0.717) is 39.4 Å². The maximum Gasteiger partial charge on any atom is 0.340 e. The summed E-state index contributed by atoms with van der Waals surface area (Å²) in [7, 11) is 0. The Morgan fingerprint density at radius 1 is 0.854 bits per heavy atom. The van der Waals surface area contributed by atoms with Gasteiger partial charge in [0, 0.05) is 54.1 Å². The molecule has 1 amide bonds. The molecule has 2 heterocycles. The SMILES string of the molecule is CCN(CC)c1ccc2c(c1)Oc1ccc(NC(=O)c3ccccc3OC(C)=O)cc1C21OC(=O)c2ccccc21. The van der Waals surface area contributed by atoms with E-state index in [1.165, 1.54) is 6.92 Å². The molecular formula is C33H28N2O6. The van der Waals surface area contributed by atoms with E-state index in [-0.39, 0.29) is 11.3 Å². The zero-order chi connectivity index (χ0) is 28.7. The number of amides is 1. The van der Waals surface area contributed by atoms with Gasteiger partial charge in [-0.2, -0.15) is 0 Å². The molecule has 1 N–H and O–H groups in total. The molecule has 2 aliphatic heterocycles. The van der Waals surface area contributed by atoms with Gasteiger partial charge in [-0.1, -0.05) is 30.3 Å². The minimum Gasteiger partial charge on any atom is -0.456 e. The summed E-state index contributed by atoms with van der Waals surface area (Å²) < 4.78 is 17.9. The highest BCUT2D eigenvalue weighted by Gasteiger charge is 2.53. The first-order valence-corrected chi connectivity index (χ1v) is 13.5. The van der Waals surface area contributed by atoms with Crippen LogP contribution in [0.4, 0.5) is 11.4 Å². The van der Waals surface area contributed by atoms with Crippen LogP contribution >= 0.6 is 0 Å². The number of carbonyl (C=O) groups excluding carboxylic acids is 3. The summed E-state index contributed by atoms with van der Waals surface area (Å²) in [5.74, 6) is -0.150. The first-order chi connectivity index (χ1) is 19.8. The maximum absolute atomic E-state index is 13.3. The van der Waals surface area contributed by atoms with Gasteiger partial charge in [-0.15, -0.1) is 0 Å². The average molecular weight is 549 g/mol. The van der Waals surface area contributed by atoms with Crippen LogP contribution in [0.2, 0.25) is 0 Å². The predicted molar refractivity (Wildman–Crippen MR) is 154 cm³/mol. The van der Waals surface area contributed by atoms with Crippen molar-refractivity contribution in [1.29, 1.82) is 0 Å². The van der Waals surface area contributed by atoms with Gasteiger partial charge in [0.25, 0.3) is 5.91 Å². The first kappa shape index (κ1) is 26.1. The lowest BCUT2D eigenvalue weighted by atomic mass is 9.77. The average Bonchev–Trinajstić information content (AvgIpc) is 3.27. The number of ether oxygens (including phenoxy) is 3. The zero-order valence-electron chi connectivity index (χ0n) is 22.9. The summed E-state index contributed by atoms with van der Waals surface area (Å²) in [5.41, 5.74) is 2.86. The Morgan fingerprint density at radius 3 is 2.39 bits per heavy atom. The number of esters is 2. The Hall–Kier alpha value is -5.11. The van der Waals surface area contributed by atoms with Gasteiger partial charge in [0.05, 0.1) is 11.1 Å². The van der Waals surface area contributed by atoms with Crippen LogP contribution in [-0.2, 0) is 15.1 Å². The Morgan fingerprint density at radius 2 is 1.61 bits per heavy atom. The molecule has 8 heteroatoms. The van der Waals surface area contributed by atoms with Crippen LogP contribution in [0.1, 0.15) is 58.2 Å². The summed E-state index contributed by atoms with van der Waals surface area (Å²) in [6.07, 6.45) is 0. The Kier molecular flexibility index (Phi) is 6.46. The Labute approximate surface area is 237 Å². The third-order valence-electron chi connectivity index (χ3n) is 7.47. The molecule has 6 rings (SSSR count). The van der Waals surface area contributed by atoms with Gasteiger partial charge in [0.1, 0.15) is 17.2 Å². The Bertz CT molecular complexity index is 1710. The quantitative estimate of drug-likeness (QED) is 0.224. The smallest absolute Gasteiger partial charge is 0.340 e. The van der Waals surface area contributed by atoms with Gasteiger partial charge in [-0.3, -0.25) is 9.59 Å². The van der Waals surface area contributed by atoms with Gasteiger partial charge >= 0.3 is 11.9 Å². The summed E-state index contributed by atoms with van der Waals surface area (Å²) >= 11 is 0. The van der Waals surface area contributed by atoms with Crippen molar-refractivity contribution in [1.82, 2.24) is 0 Å². The molecule has 0 saturated carbocycles. The number of benzene rings is 4. The molecule has 8 nitrogen and oxygen atoms in total. The van der Waals surface area contributed by atoms with Crippen molar-refractivity contribution in [2.24, 2.45) is 0 Å². The molecule has 0 fully saturated rings. The van der Waals surface area contributed by atoms with Crippen LogP contribution in [0.3, 0.4) is 0 Å². The molecule has 1 unspecified atom stereocenters. The number of hydrogen-bond acceptors (Lipinski definition) is 7. The number of hydrogen-bond donors (Lipinski definition) is 1. The monoisotopic (exact) mass is 548 g/mol. The number of nitrogens with one attached hydrogen (secondary N) is 1. The second-order valence-corrected chi connectivity index (χ2v) is 9.83. The largest absolute Gasteiger partial charge is 0.456 e. The number of para-hydroxylation sites is 1. The van der Waals surface area contributed by atoms with Gasteiger partial charge in [0.15, 0.2) is 5.60 Å². The summed E-state index contributed by atoms with van der Waals surface area (Å²) in [5, 5.41) is 2.89. The van der Waals surface area contributed by atoms with E-state index < -0.39 is 23.4 Å². The molecule has 1 spiro atoms. The fraction of sp³-hybridized carbons (Fsp3) is 0.182. The first-order valence-electron chi connectivity index (χ1n) is 13.5. The van der Waals surface area contributed by atoms with E-state index in [4.69, 9.17) is 14.2 Å². The number of anilines is 2. The highest BCUT2D eigenvalue weighted by Crippen LogP contribution is 2.57. The number of rotatable bonds is 6. The van der Waals surface area contributed by atoms with Crippen LogP contribution in [0.15, 0.2) is 84.9 Å². The lowest BCUT2D eigenvalue weighted by molar-refractivity contribution is -0.131. The number of nitrogens with zero attached hydrogens (tertiary/aromatic N) is 1. The van der Waals surface area contributed by atoms with Crippen molar-refractivity contribution in [3.05, 3.63) is 113 Å². The standard InChI is InChI=1S/C33H28N2O6/c1-4-35(5-2)22-15-16-26-30(19-22)40-29-17-14-21(34-31(37)24-11-7-9-13-28(24)39-20(3)36)18-27(29)33(26)25-12-8-6-10-23(25)32(38)41-33/h6-19H,4-5H2,1-3H3,(H,34,37). The van der Waals surface area contributed by atoms with Crippen molar-refractivity contribution in [3.63, 3.8) is 0 Å². The third-order valence-corrected chi connectivity index (χ3v) is 7.47. The van der Waals surface area contributed by atoms with Crippen LogP contribution in [0.25, 0.3) is 0 Å². The van der Waals surface area contributed by atoms with Crippen molar-refractivity contribution < 1.29 is 28.6 Å². The topological polar surface area (TPSA) is 94.2 Å². The van der Waals surface area contributed by atoms with Gasteiger partial charge in [-0.05, 0) is 62.4 Å². The fourth-order valence-electron chi connectivity index (χ4n) is 5.62. The van der Waals surface area contributed by atoms with E-state index in [2.05, 4.69) is 24.1 Å². The van der Waals surface area contributed by atoms with Gasteiger partial charge in [0.2, 0.25) is 0 Å². The van der Waals surface area contributed by atoms with E-state index in [1.54, 1.807) is 54.6 Å². The molecule has 0 bridgehead atoms. The van der Waals surface area contributed by atoms with Crippen LogP contribution in [0, 0.1) is 0 Å². The van der Waals surface area contributed by atoms with Crippen molar-refractivity contribution in [2.45, 2.75) is 26.4 Å². The second kappa shape index (κ2) is 10.1. The molecule has 206 valence electrons. The fourth-order valence-corrected chi connectivity index (χ4v) is 5.62. The zero-order valence-corrected chi connectivity index (χ0v) is 22.9. The Balaban J connectivity index is 1.47. The van der Waals surface area contributed by atoms with Gasteiger partial charge < -0.3 is 24.4 Å². The van der Waals surface area contributed by atoms with E-state index in [9.17, 15) is 14.4 Å². The summed E-state index contributed by atoms with van der Waals surface area (Å²) in [4.78, 5) is 40.3. The molecule has 0 saturated heterocycles. The third kappa shape index (κ3) is 4.28. The highest BCUT2D eigenvalue weighted by molar-refractivity contribution is 6.06. The lowest BCUT2D eigenvalue weighted by Gasteiger charge is -2.37. The van der Waals surface area contributed by atoms with Gasteiger partial charge in [-0.25, -0.2) is 4.79 Å². The predicted octanol–water partition coefficient (Wildman–Crippen LogP) is 6.28. The normalized spacial score (nSPS) is 16.1. The molecule has 0 aliphatic carbocycles. The van der Waals surface area contributed by atoms with E-state index in [0.717, 1.165) is 18.8 Å².